The van der Waals surface area contributed by atoms with Gasteiger partial charge in [-0.1, -0.05) is 6.92 Å². The number of carboxylic acids is 2. The molecule has 4 aliphatic heterocycles. The Morgan fingerprint density at radius 2 is 0.981 bits per heavy atom. The summed E-state index contributed by atoms with van der Waals surface area (Å²) in [6.45, 7) is 1.56. The first-order chi connectivity index (χ1) is 25.4. The molecule has 0 radical (unpaired) electrons. The summed E-state index contributed by atoms with van der Waals surface area (Å²) in [6.07, 6.45) is -32.3. The first-order valence-electron chi connectivity index (χ1n) is 16.7. The van der Waals surface area contributed by atoms with Crippen LogP contribution in [0.15, 0.2) is 0 Å². The molecule has 24 heteroatoms. The van der Waals surface area contributed by atoms with Crippen molar-refractivity contribution in [2.24, 2.45) is 5.92 Å². The molecule has 10 N–H and O–H groups in total. The molecule has 4 saturated heterocycles. The number of ether oxygens (including phenoxy) is 8. The Bertz CT molecular complexity index is 1310. The van der Waals surface area contributed by atoms with E-state index < -0.39 is 159 Å². The van der Waals surface area contributed by atoms with E-state index in [2.05, 4.69) is 10.6 Å². The molecule has 54 heavy (non-hydrogen) atoms. The van der Waals surface area contributed by atoms with E-state index in [1.165, 1.54) is 14.0 Å². The molecular formula is C30H46N2O22-2. The highest BCUT2D eigenvalue weighted by Crippen LogP contribution is 2.35. The maximum atomic E-state index is 12.4. The van der Waals surface area contributed by atoms with Crippen molar-refractivity contribution >= 4 is 23.8 Å². The number of aliphatic hydroxyl groups excluding tert-OH is 8. The van der Waals surface area contributed by atoms with Crippen LogP contribution in [0.2, 0.25) is 0 Å². The summed E-state index contributed by atoms with van der Waals surface area (Å²) in [5.41, 5.74) is 0. The number of hydrogen-bond donors (Lipinski definition) is 10. The number of aliphatic hydroxyl groups is 8. The second-order valence-electron chi connectivity index (χ2n) is 13.2. The van der Waals surface area contributed by atoms with Gasteiger partial charge in [-0.25, -0.2) is 0 Å². The molecule has 2 amide bonds. The lowest BCUT2D eigenvalue weighted by molar-refractivity contribution is -0.385. The lowest BCUT2D eigenvalue weighted by atomic mass is 9.90. The number of hydrogen-bond acceptors (Lipinski definition) is 22. The molecule has 4 rings (SSSR count). The third kappa shape index (κ3) is 9.26. The predicted molar refractivity (Wildman–Crippen MR) is 161 cm³/mol. The fourth-order valence-electron chi connectivity index (χ4n) is 6.69. The van der Waals surface area contributed by atoms with E-state index in [4.69, 9.17) is 37.9 Å². The molecule has 12 unspecified atom stereocenters. The van der Waals surface area contributed by atoms with Crippen molar-refractivity contribution in [1.82, 2.24) is 10.6 Å². The third-order valence-electron chi connectivity index (χ3n) is 9.49. The minimum atomic E-state index is -2.36. The SMILES string of the molecule is COC1OC(CO)[C@@H](O)C(O[C@@H]2OC(C(=O)[O-])[C@H](OC3OC(CO)[C@@H](O)C(O[C@@H]4OC(C(=O)[O-])[C@H](C)[C@@H](O)C4O)C3NC(C)=O)[C@@H](O)C2O)C1NC(C)=O. The van der Waals surface area contributed by atoms with Crippen molar-refractivity contribution in [3.63, 3.8) is 0 Å². The standard InChI is InChI=1S/C30H48N2O22/c1-7-14(37)18(41)29(50-20(7)25(43)44)52-22-13(32-9(3)36)28(49-11(6-34)16(22)39)53-23-17(40)19(42)30(54-24(23)26(45)46)51-21-12(31-8(2)35)27(47-4)48-10(5-33)15(21)38/h7,10-24,27-30,33-34,37-42H,5-6H2,1-4H3,(H,31,35)(H,32,36)(H,43,44)(H,45,46)/p-2/t7-,10?,11?,12?,13?,14-,15-,16-,17+,18?,19?,20?,21?,22?,23-,24?,27?,28?,29+,30-/m1/s1. The monoisotopic (exact) mass is 786 g/mol. The molecule has 4 aliphatic rings. The van der Waals surface area contributed by atoms with Crippen LogP contribution in [0.25, 0.3) is 0 Å². The fraction of sp³-hybridized carbons (Fsp3) is 0.867. The quantitative estimate of drug-likeness (QED) is 0.0828. The lowest BCUT2D eigenvalue weighted by Crippen LogP contribution is -2.71. The number of carboxylic acid groups (broad SMARTS) is 2. The molecule has 0 aliphatic carbocycles. The Hall–Kier alpha value is -2.76. The second kappa shape index (κ2) is 18.5. The van der Waals surface area contributed by atoms with E-state index in [0.717, 1.165) is 13.8 Å². The normalized spacial score (nSPS) is 45.6. The summed E-state index contributed by atoms with van der Waals surface area (Å²) in [5, 5.41) is 114. The summed E-state index contributed by atoms with van der Waals surface area (Å²) in [5.74, 6) is -6.57. The van der Waals surface area contributed by atoms with E-state index >= 15 is 0 Å². The van der Waals surface area contributed by atoms with Gasteiger partial charge in [0, 0.05) is 26.9 Å². The van der Waals surface area contributed by atoms with E-state index in [0.29, 0.717) is 0 Å². The highest BCUT2D eigenvalue weighted by Gasteiger charge is 2.56. The van der Waals surface area contributed by atoms with Crippen LogP contribution in [0, 0.1) is 5.92 Å². The summed E-state index contributed by atoms with van der Waals surface area (Å²) >= 11 is 0. The van der Waals surface area contributed by atoms with Gasteiger partial charge in [0.1, 0.15) is 85.3 Å². The molecule has 0 aromatic heterocycles. The molecule has 0 aromatic rings. The Labute approximate surface area is 306 Å². The summed E-state index contributed by atoms with van der Waals surface area (Å²) in [6, 6.07) is -3.11. The third-order valence-corrected chi connectivity index (χ3v) is 9.49. The van der Waals surface area contributed by atoms with Crippen molar-refractivity contribution in [3.8, 4) is 0 Å². The smallest absolute Gasteiger partial charge is 0.217 e. The fourth-order valence-corrected chi connectivity index (χ4v) is 6.69. The topological polar surface area (TPSA) is 374 Å². The first kappa shape index (κ1) is 44.0. The Balaban J connectivity index is 1.62. The van der Waals surface area contributed by atoms with Crippen LogP contribution in [-0.2, 0) is 57.1 Å². The number of nitrogens with one attached hydrogen (secondary N) is 2. The second-order valence-corrected chi connectivity index (χ2v) is 13.2. The lowest BCUT2D eigenvalue weighted by Gasteiger charge is -2.50. The van der Waals surface area contributed by atoms with Crippen molar-refractivity contribution in [2.45, 2.75) is 137 Å². The number of rotatable bonds is 13. The highest BCUT2D eigenvalue weighted by atomic mass is 16.8. The zero-order valence-corrected chi connectivity index (χ0v) is 29.3. The largest absolute Gasteiger partial charge is 0.547 e. The van der Waals surface area contributed by atoms with E-state index in [1.807, 2.05) is 0 Å². The average Bonchev–Trinajstić information content (AvgIpc) is 3.10. The van der Waals surface area contributed by atoms with Gasteiger partial charge in [-0.2, -0.15) is 0 Å². The van der Waals surface area contributed by atoms with Crippen LogP contribution < -0.4 is 20.8 Å². The molecule has 4 heterocycles. The zero-order chi connectivity index (χ0) is 40.3. The van der Waals surface area contributed by atoms with Gasteiger partial charge in [0.25, 0.3) is 0 Å². The average molecular weight is 787 g/mol. The van der Waals surface area contributed by atoms with Gasteiger partial charge < -0.3 is 109 Å². The summed E-state index contributed by atoms with van der Waals surface area (Å²) in [4.78, 5) is 48.4. The van der Waals surface area contributed by atoms with Crippen molar-refractivity contribution in [1.29, 1.82) is 0 Å². The maximum Gasteiger partial charge on any atom is 0.217 e. The zero-order valence-electron chi connectivity index (χ0n) is 29.3. The predicted octanol–water partition coefficient (Wildman–Crippen LogP) is -10.0. The number of carbonyl (C=O) groups excluding carboxylic acids is 4. The molecule has 0 spiro atoms. The Morgan fingerprint density at radius 1 is 0.574 bits per heavy atom. The number of methoxy groups -OCH3 is 1. The van der Waals surface area contributed by atoms with Gasteiger partial charge in [0.15, 0.2) is 25.2 Å². The van der Waals surface area contributed by atoms with Gasteiger partial charge in [0.2, 0.25) is 11.8 Å². The minimum Gasteiger partial charge on any atom is -0.547 e. The van der Waals surface area contributed by atoms with Gasteiger partial charge in [-0.3, -0.25) is 9.59 Å². The Morgan fingerprint density at radius 3 is 1.41 bits per heavy atom. The highest BCUT2D eigenvalue weighted by molar-refractivity contribution is 5.74. The van der Waals surface area contributed by atoms with Crippen LogP contribution in [0.4, 0.5) is 0 Å². The van der Waals surface area contributed by atoms with Gasteiger partial charge in [0.05, 0.1) is 31.3 Å². The van der Waals surface area contributed by atoms with Crippen LogP contribution in [-0.4, -0.2) is 202 Å². The summed E-state index contributed by atoms with van der Waals surface area (Å²) in [7, 11) is 1.17. The van der Waals surface area contributed by atoms with Crippen molar-refractivity contribution < 1.29 is 108 Å². The number of amides is 2. The van der Waals surface area contributed by atoms with Gasteiger partial charge in [-0.15, -0.1) is 0 Å². The molecular weight excluding hydrogens is 740 g/mol. The molecule has 0 bridgehead atoms. The Kier molecular flexibility index (Phi) is 15.0. The molecule has 310 valence electrons. The maximum absolute atomic E-state index is 12.4. The molecule has 4 fully saturated rings. The minimum absolute atomic E-state index is 0.663. The summed E-state index contributed by atoms with van der Waals surface area (Å²) < 4.78 is 44.1. The van der Waals surface area contributed by atoms with Gasteiger partial charge >= 0.3 is 0 Å². The van der Waals surface area contributed by atoms with Gasteiger partial charge in [-0.05, 0) is 0 Å². The molecule has 0 aromatic carbocycles. The van der Waals surface area contributed by atoms with Crippen LogP contribution in [0.3, 0.4) is 0 Å². The van der Waals surface area contributed by atoms with Crippen LogP contribution in [0.5, 0.6) is 0 Å². The molecule has 24 nitrogen and oxygen atoms in total. The number of aliphatic carboxylic acids is 2. The van der Waals surface area contributed by atoms with E-state index in [1.54, 1.807) is 0 Å². The number of carbonyl (C=O) groups is 4. The van der Waals surface area contributed by atoms with E-state index in [9.17, 15) is 70.2 Å². The van der Waals surface area contributed by atoms with Crippen molar-refractivity contribution in [3.05, 3.63) is 0 Å². The van der Waals surface area contributed by atoms with Crippen LogP contribution in [0.1, 0.15) is 20.8 Å². The van der Waals surface area contributed by atoms with E-state index in [-0.39, 0.29) is 0 Å². The first-order valence-corrected chi connectivity index (χ1v) is 16.7. The molecule has 0 saturated carbocycles. The molecule has 20 atom stereocenters. The van der Waals surface area contributed by atoms with Crippen LogP contribution >= 0.6 is 0 Å². The van der Waals surface area contributed by atoms with Crippen molar-refractivity contribution in [2.75, 3.05) is 20.3 Å².